The molecule has 0 atom stereocenters. The van der Waals surface area contributed by atoms with E-state index < -0.39 is 36.5 Å². The fourth-order valence-corrected chi connectivity index (χ4v) is 2.73. The van der Waals surface area contributed by atoms with Crippen molar-refractivity contribution in [3.8, 4) is 5.75 Å². The van der Waals surface area contributed by atoms with Gasteiger partial charge in [-0.05, 0) is 12.1 Å². The molecule has 0 saturated heterocycles. The van der Waals surface area contributed by atoms with Gasteiger partial charge < -0.3 is 4.74 Å². The van der Waals surface area contributed by atoms with Crippen LogP contribution in [-0.4, -0.2) is 28.5 Å². The molecule has 0 aliphatic heterocycles. The Morgan fingerprint density at radius 1 is 1.28 bits per heavy atom. The van der Waals surface area contributed by atoms with E-state index in [2.05, 4.69) is 0 Å². The fourth-order valence-electron chi connectivity index (χ4n) is 1.33. The molecule has 1 aromatic carbocycles. The lowest BCUT2D eigenvalue weighted by Gasteiger charge is -2.11. The summed E-state index contributed by atoms with van der Waals surface area (Å²) in [6.45, 7) is -0.935. The van der Waals surface area contributed by atoms with E-state index in [9.17, 15) is 21.9 Å². The maximum Gasteiger partial charge on any atom is 0.294 e. The highest BCUT2D eigenvalue weighted by atomic mass is 32.2. The van der Waals surface area contributed by atoms with Crippen LogP contribution >= 0.6 is 0 Å². The predicted octanol–water partition coefficient (Wildman–Crippen LogP) is -0.480. The highest BCUT2D eigenvalue weighted by Crippen LogP contribution is 2.30. The van der Waals surface area contributed by atoms with Crippen LogP contribution in [0.1, 0.15) is 5.56 Å². The highest BCUT2D eigenvalue weighted by Gasteiger charge is 2.23. The third-order valence-electron chi connectivity index (χ3n) is 2.07. The zero-order valence-corrected chi connectivity index (χ0v) is 10.8. The SMILES string of the molecule is COc1c(C[O])cc(S(=O)(=O)O)cc1S(N)(=O)=O. The van der Waals surface area contributed by atoms with Gasteiger partial charge in [-0.3, -0.25) is 4.55 Å². The Morgan fingerprint density at radius 2 is 1.83 bits per heavy atom. The average molecular weight is 296 g/mol. The first-order chi connectivity index (χ1) is 8.11. The second-order valence-corrected chi connectivity index (χ2v) is 6.23. The van der Waals surface area contributed by atoms with Gasteiger partial charge in [0.2, 0.25) is 10.0 Å². The minimum absolute atomic E-state index is 0.239. The number of methoxy groups -OCH3 is 1. The Hall–Kier alpha value is -1.20. The summed E-state index contributed by atoms with van der Waals surface area (Å²) in [5, 5.41) is 15.8. The molecule has 0 spiro atoms. The van der Waals surface area contributed by atoms with Crippen molar-refractivity contribution >= 4 is 20.1 Å². The van der Waals surface area contributed by atoms with Crippen LogP contribution in [0.15, 0.2) is 21.9 Å². The number of ether oxygens (including phenoxy) is 1. The zero-order chi connectivity index (χ0) is 14.1. The van der Waals surface area contributed by atoms with Gasteiger partial charge in [0.1, 0.15) is 17.3 Å². The maximum atomic E-state index is 11.3. The second-order valence-electron chi connectivity index (χ2n) is 3.28. The Kier molecular flexibility index (Phi) is 3.98. The number of hydrogen-bond donors (Lipinski definition) is 2. The molecule has 0 aromatic heterocycles. The zero-order valence-electron chi connectivity index (χ0n) is 9.15. The largest absolute Gasteiger partial charge is 0.495 e. The Morgan fingerprint density at radius 3 is 2.17 bits per heavy atom. The van der Waals surface area contributed by atoms with Gasteiger partial charge in [0.05, 0.1) is 12.0 Å². The van der Waals surface area contributed by atoms with E-state index in [4.69, 9.17) is 14.4 Å². The topological polar surface area (TPSA) is 144 Å². The van der Waals surface area contributed by atoms with Crippen LogP contribution in [0.2, 0.25) is 0 Å². The number of primary sulfonamides is 1. The summed E-state index contributed by atoms with van der Waals surface area (Å²) in [5.41, 5.74) is -0.239. The van der Waals surface area contributed by atoms with Gasteiger partial charge >= 0.3 is 0 Å². The lowest BCUT2D eigenvalue weighted by atomic mass is 10.2. The quantitative estimate of drug-likeness (QED) is 0.718. The van der Waals surface area contributed by atoms with Crippen molar-refractivity contribution in [3.05, 3.63) is 17.7 Å². The Balaban J connectivity index is 3.79. The highest BCUT2D eigenvalue weighted by molar-refractivity contribution is 7.89. The van der Waals surface area contributed by atoms with E-state index in [1.54, 1.807) is 0 Å². The number of rotatable bonds is 4. The predicted molar refractivity (Wildman–Crippen MR) is 58.6 cm³/mol. The number of benzene rings is 1. The molecular weight excluding hydrogens is 286 g/mol. The third-order valence-corrected chi connectivity index (χ3v) is 3.82. The fraction of sp³-hybridized carbons (Fsp3) is 0.250. The molecule has 10 heteroatoms. The van der Waals surface area contributed by atoms with Crippen LogP contribution in [0.3, 0.4) is 0 Å². The molecule has 0 heterocycles. The van der Waals surface area contributed by atoms with Crippen molar-refractivity contribution in [3.63, 3.8) is 0 Å². The van der Waals surface area contributed by atoms with Crippen molar-refractivity contribution in [2.24, 2.45) is 5.14 Å². The summed E-state index contributed by atoms with van der Waals surface area (Å²) >= 11 is 0. The molecule has 0 aliphatic carbocycles. The maximum absolute atomic E-state index is 11.3. The van der Waals surface area contributed by atoms with Crippen LogP contribution in [0.5, 0.6) is 5.75 Å². The summed E-state index contributed by atoms with van der Waals surface area (Å²) in [7, 11) is -7.85. The van der Waals surface area contributed by atoms with Gasteiger partial charge in [-0.25, -0.2) is 18.7 Å². The van der Waals surface area contributed by atoms with Crippen LogP contribution < -0.4 is 9.88 Å². The van der Waals surface area contributed by atoms with Gasteiger partial charge in [0, 0.05) is 5.56 Å². The summed E-state index contributed by atoms with van der Waals surface area (Å²) < 4.78 is 58.1. The van der Waals surface area contributed by atoms with Crippen LogP contribution in [0, 0.1) is 0 Å². The Bertz CT molecular complexity index is 663. The van der Waals surface area contributed by atoms with Gasteiger partial charge in [0.15, 0.2) is 0 Å². The van der Waals surface area contributed by atoms with E-state index in [-0.39, 0.29) is 11.3 Å². The first-order valence-corrected chi connectivity index (χ1v) is 7.39. The normalized spacial score (nSPS) is 12.4. The van der Waals surface area contributed by atoms with Crippen molar-refractivity contribution < 1.29 is 31.2 Å². The van der Waals surface area contributed by atoms with Crippen molar-refractivity contribution in [2.75, 3.05) is 7.11 Å². The standard InChI is InChI=1S/C8H10NO7S2/c1-16-8-5(4-10)2-6(18(13,14)15)3-7(8)17(9,11)12/h2-3H,4H2,1H3,(H2,9,11,12)(H,13,14,15). The molecule has 18 heavy (non-hydrogen) atoms. The monoisotopic (exact) mass is 296 g/mol. The van der Waals surface area contributed by atoms with Crippen LogP contribution in [0.4, 0.5) is 0 Å². The first-order valence-electron chi connectivity index (χ1n) is 4.40. The molecule has 0 unspecified atom stereocenters. The summed E-state index contributed by atoms with van der Waals surface area (Å²) in [6.07, 6.45) is 0. The van der Waals surface area contributed by atoms with E-state index in [1.807, 2.05) is 0 Å². The molecule has 0 aliphatic rings. The van der Waals surface area contributed by atoms with Gasteiger partial charge in [-0.15, -0.1) is 0 Å². The van der Waals surface area contributed by atoms with Crippen LogP contribution in [0.25, 0.3) is 0 Å². The molecule has 0 bridgehead atoms. The summed E-state index contributed by atoms with van der Waals surface area (Å²) in [5.74, 6) is -0.333. The second kappa shape index (κ2) is 4.82. The number of hydrogen-bond acceptors (Lipinski definition) is 5. The number of sulfonamides is 1. The minimum atomic E-state index is -4.66. The Labute approximate surface area is 104 Å². The van der Waals surface area contributed by atoms with Crippen molar-refractivity contribution in [2.45, 2.75) is 16.4 Å². The van der Waals surface area contributed by atoms with Crippen molar-refractivity contribution in [1.82, 2.24) is 0 Å². The lowest BCUT2D eigenvalue weighted by molar-refractivity contribution is 0.173. The minimum Gasteiger partial charge on any atom is -0.495 e. The molecule has 1 rings (SSSR count). The summed E-state index contributed by atoms with van der Waals surface area (Å²) in [6, 6.07) is 1.46. The molecule has 101 valence electrons. The van der Waals surface area contributed by atoms with Crippen molar-refractivity contribution in [1.29, 1.82) is 0 Å². The molecule has 1 radical (unpaired) electrons. The van der Waals surface area contributed by atoms with Gasteiger partial charge in [-0.2, -0.15) is 8.42 Å². The van der Waals surface area contributed by atoms with Crippen LogP contribution in [-0.2, 0) is 31.9 Å². The van der Waals surface area contributed by atoms with E-state index >= 15 is 0 Å². The molecule has 1 aromatic rings. The first kappa shape index (κ1) is 14.9. The summed E-state index contributed by atoms with van der Waals surface area (Å²) in [4.78, 5) is -1.41. The molecule has 0 fully saturated rings. The third kappa shape index (κ3) is 2.97. The van der Waals surface area contributed by atoms with E-state index in [0.717, 1.165) is 13.2 Å². The van der Waals surface area contributed by atoms with Gasteiger partial charge in [-0.1, -0.05) is 0 Å². The number of nitrogens with two attached hydrogens (primary N) is 1. The molecular formula is C8H10NO7S2. The average Bonchev–Trinajstić information content (AvgIpc) is 2.24. The lowest BCUT2D eigenvalue weighted by Crippen LogP contribution is -2.15. The smallest absolute Gasteiger partial charge is 0.294 e. The van der Waals surface area contributed by atoms with E-state index in [0.29, 0.717) is 6.07 Å². The molecule has 3 N–H and O–H groups in total. The molecule has 8 nitrogen and oxygen atoms in total. The molecule has 0 saturated carbocycles. The van der Waals surface area contributed by atoms with Gasteiger partial charge in [0.25, 0.3) is 10.1 Å². The molecule has 0 amide bonds. The van der Waals surface area contributed by atoms with E-state index in [1.165, 1.54) is 0 Å².